The van der Waals surface area contributed by atoms with Gasteiger partial charge in [0.25, 0.3) is 0 Å². The molecule has 2 fully saturated rings. The molecule has 45 heavy (non-hydrogen) atoms. The number of hydrogen-bond donors (Lipinski definition) is 2. The van der Waals surface area contributed by atoms with E-state index in [4.69, 9.17) is 40.5 Å². The van der Waals surface area contributed by atoms with Gasteiger partial charge in [-0.2, -0.15) is 26.3 Å². The molecular weight excluding hydrogens is 677 g/mol. The minimum atomic E-state index is -4.17. The molecule has 0 atom stereocenters. The first-order valence-corrected chi connectivity index (χ1v) is 14.9. The molecule has 4 heterocycles. The van der Waals surface area contributed by atoms with Gasteiger partial charge in [0.2, 0.25) is 11.1 Å². The summed E-state index contributed by atoms with van der Waals surface area (Å²) < 4.78 is 73.7. The van der Waals surface area contributed by atoms with Crippen LogP contribution in [-0.4, -0.2) is 120 Å². The summed E-state index contributed by atoms with van der Waals surface area (Å²) in [5.41, 5.74) is 5.58. The van der Waals surface area contributed by atoms with Crippen LogP contribution in [0.5, 0.6) is 0 Å². The van der Waals surface area contributed by atoms with E-state index < -0.39 is 30.7 Å². The maximum atomic E-state index is 12.3. The molecular formula is C26H33Cl3F6N8O2. The van der Waals surface area contributed by atoms with Gasteiger partial charge in [-0.05, 0) is 35.9 Å². The van der Waals surface area contributed by atoms with Crippen LogP contribution in [0.3, 0.4) is 0 Å². The smallest absolute Gasteiger partial charge is 0.384 e. The van der Waals surface area contributed by atoms with Crippen molar-refractivity contribution in [3.8, 4) is 0 Å². The molecule has 2 aliphatic rings. The first-order valence-electron chi connectivity index (χ1n) is 13.5. The molecule has 0 aromatic carbocycles. The Labute approximate surface area is 271 Å². The predicted molar refractivity (Wildman–Crippen MR) is 163 cm³/mol. The van der Waals surface area contributed by atoms with E-state index in [9.17, 15) is 35.9 Å². The van der Waals surface area contributed by atoms with Gasteiger partial charge in [0, 0.05) is 52.4 Å². The highest BCUT2D eigenvalue weighted by atomic mass is 35.5. The Morgan fingerprint density at radius 2 is 1.16 bits per heavy atom. The number of halogens is 9. The summed E-state index contributed by atoms with van der Waals surface area (Å²) >= 11 is 15.0. The molecule has 2 aliphatic heterocycles. The van der Waals surface area contributed by atoms with Crippen molar-refractivity contribution in [1.29, 1.82) is 0 Å². The zero-order valence-corrected chi connectivity index (χ0v) is 26.2. The van der Waals surface area contributed by atoms with E-state index >= 15 is 0 Å². The molecule has 0 aliphatic carbocycles. The first kappa shape index (κ1) is 38.4. The number of aromatic nitrogens is 2. The summed E-state index contributed by atoms with van der Waals surface area (Å²) in [5.74, 6) is 1.52. The zero-order valence-electron chi connectivity index (χ0n) is 23.9. The fourth-order valence-corrected chi connectivity index (χ4v) is 4.31. The lowest BCUT2D eigenvalue weighted by Gasteiger charge is -2.35. The van der Waals surface area contributed by atoms with Crippen molar-refractivity contribution in [1.82, 2.24) is 19.8 Å². The number of nitrogens with one attached hydrogen (secondary N) is 1. The molecule has 0 saturated carbocycles. The molecule has 19 heteroatoms. The summed E-state index contributed by atoms with van der Waals surface area (Å²) in [7, 11) is 0. The second-order valence-corrected chi connectivity index (χ2v) is 10.7. The van der Waals surface area contributed by atoms with E-state index in [1.165, 1.54) is 9.80 Å². The van der Waals surface area contributed by atoms with Gasteiger partial charge in [-0.15, -0.1) is 23.2 Å². The number of hydrogen-bond acceptors (Lipinski definition) is 9. The van der Waals surface area contributed by atoms with Gasteiger partial charge in [-0.1, -0.05) is 12.1 Å². The Morgan fingerprint density at radius 3 is 1.53 bits per heavy atom. The van der Waals surface area contributed by atoms with Crippen LogP contribution in [-0.2, 0) is 9.59 Å². The van der Waals surface area contributed by atoms with E-state index in [0.717, 1.165) is 5.82 Å². The fourth-order valence-electron chi connectivity index (χ4n) is 4.24. The van der Waals surface area contributed by atoms with Gasteiger partial charge in [0.05, 0.1) is 19.0 Å². The molecule has 0 unspecified atom stereocenters. The molecule has 0 bridgehead atoms. The SMILES string of the molecule is Nc1cccc(N2CCN(CC(F)(F)F)CC2)n1.O=C(CCl)Nc1cccc(N2CCN(CC(F)(F)F)CC2)n1.O=C(Cl)CCl. The lowest BCUT2D eigenvalue weighted by molar-refractivity contribution is -0.147. The van der Waals surface area contributed by atoms with Gasteiger partial charge >= 0.3 is 12.4 Å². The van der Waals surface area contributed by atoms with Crippen LogP contribution in [0.15, 0.2) is 36.4 Å². The van der Waals surface area contributed by atoms with Gasteiger partial charge < -0.3 is 20.9 Å². The number of anilines is 4. The lowest BCUT2D eigenvalue weighted by atomic mass is 10.3. The number of alkyl halides is 8. The molecule has 2 aromatic heterocycles. The highest BCUT2D eigenvalue weighted by molar-refractivity contribution is 6.67. The van der Waals surface area contributed by atoms with Gasteiger partial charge in [0.1, 0.15) is 29.2 Å². The Bertz CT molecular complexity index is 1210. The molecule has 252 valence electrons. The van der Waals surface area contributed by atoms with Crippen LogP contribution in [0.1, 0.15) is 0 Å². The van der Waals surface area contributed by atoms with Crippen LogP contribution in [0, 0.1) is 0 Å². The second-order valence-electron chi connectivity index (χ2n) is 9.73. The number of carbonyl (C=O) groups is 2. The molecule has 2 saturated heterocycles. The number of nitrogen functional groups attached to an aromatic ring is 1. The van der Waals surface area contributed by atoms with Crippen molar-refractivity contribution in [2.24, 2.45) is 0 Å². The quantitative estimate of drug-likeness (QED) is 0.247. The van der Waals surface area contributed by atoms with E-state index in [-0.39, 0.29) is 17.7 Å². The molecule has 2 aromatic rings. The summed E-state index contributed by atoms with van der Waals surface area (Å²) in [6.07, 6.45) is -8.30. The maximum Gasteiger partial charge on any atom is 0.401 e. The Hall–Kier alpha value is -2.79. The number of rotatable bonds is 7. The number of pyridine rings is 2. The summed E-state index contributed by atoms with van der Waals surface area (Å²) in [6.45, 7) is 1.65. The molecule has 4 rings (SSSR count). The van der Waals surface area contributed by atoms with E-state index in [1.807, 2.05) is 15.9 Å². The Balaban J connectivity index is 0.000000277. The normalized spacial score (nSPS) is 16.2. The summed E-state index contributed by atoms with van der Waals surface area (Å²) in [5, 5.41) is 2.04. The largest absolute Gasteiger partial charge is 0.401 e. The monoisotopic (exact) mass is 708 g/mol. The first-order chi connectivity index (χ1) is 21.1. The molecule has 3 N–H and O–H groups in total. The van der Waals surface area contributed by atoms with Crippen LogP contribution >= 0.6 is 34.8 Å². The molecule has 10 nitrogen and oxygen atoms in total. The van der Waals surface area contributed by atoms with E-state index in [2.05, 4.69) is 15.3 Å². The van der Waals surface area contributed by atoms with Crippen molar-refractivity contribution in [3.05, 3.63) is 36.4 Å². The van der Waals surface area contributed by atoms with Gasteiger partial charge in [-0.3, -0.25) is 19.4 Å². The highest BCUT2D eigenvalue weighted by Gasteiger charge is 2.33. The van der Waals surface area contributed by atoms with Crippen molar-refractivity contribution < 1.29 is 35.9 Å². The van der Waals surface area contributed by atoms with E-state index in [1.54, 1.807) is 30.3 Å². The van der Waals surface area contributed by atoms with Crippen molar-refractivity contribution >= 4 is 69.2 Å². The van der Waals surface area contributed by atoms with Crippen molar-refractivity contribution in [2.75, 3.05) is 98.1 Å². The molecule has 1 amide bonds. The van der Waals surface area contributed by atoms with Crippen molar-refractivity contribution in [2.45, 2.75) is 12.4 Å². The number of amides is 1. The summed E-state index contributed by atoms with van der Waals surface area (Å²) in [6, 6.07) is 10.4. The minimum Gasteiger partial charge on any atom is -0.384 e. The van der Waals surface area contributed by atoms with Crippen LogP contribution in [0.25, 0.3) is 0 Å². The average molecular weight is 710 g/mol. The second kappa shape index (κ2) is 18.4. The lowest BCUT2D eigenvalue weighted by Crippen LogP contribution is -2.49. The minimum absolute atomic E-state index is 0.0957. The third-order valence-electron chi connectivity index (χ3n) is 6.18. The third kappa shape index (κ3) is 15.9. The Morgan fingerprint density at radius 1 is 0.733 bits per heavy atom. The van der Waals surface area contributed by atoms with Crippen LogP contribution in [0.2, 0.25) is 0 Å². The number of nitrogens with zero attached hydrogens (tertiary/aromatic N) is 6. The number of piperazine rings is 2. The van der Waals surface area contributed by atoms with Gasteiger partial charge in [-0.25, -0.2) is 9.97 Å². The van der Waals surface area contributed by atoms with Crippen LogP contribution in [0.4, 0.5) is 49.6 Å². The predicted octanol–water partition coefficient (Wildman–Crippen LogP) is 4.28. The average Bonchev–Trinajstić information content (AvgIpc) is 2.97. The van der Waals surface area contributed by atoms with Crippen LogP contribution < -0.4 is 20.9 Å². The topological polar surface area (TPSA) is 111 Å². The molecule has 0 spiro atoms. The summed E-state index contributed by atoms with van der Waals surface area (Å²) in [4.78, 5) is 35.7. The highest BCUT2D eigenvalue weighted by Crippen LogP contribution is 2.21. The van der Waals surface area contributed by atoms with Gasteiger partial charge in [0.15, 0.2) is 0 Å². The molecule has 0 radical (unpaired) electrons. The number of nitrogens with two attached hydrogens (primary N) is 1. The standard InChI is InChI=1S/C13H16ClF3N4O.C11H15F3N4.C2H2Cl2O/c14-8-12(22)19-10-2-1-3-11(18-10)21-6-4-20(5-7-21)9-13(15,16)17;12-11(13,14)8-17-4-6-18(7-5-17)10-3-1-2-9(15)16-10;3-1-2(4)5/h1-3H,4-9H2,(H,18,19,22);1-3H,4-8H2,(H2,15,16);1H2. The third-order valence-corrected chi connectivity index (χ3v) is 6.94. The number of carbonyl (C=O) groups excluding carboxylic acids is 2. The van der Waals surface area contributed by atoms with Crippen molar-refractivity contribution in [3.63, 3.8) is 0 Å². The zero-order chi connectivity index (χ0) is 33.6. The maximum absolute atomic E-state index is 12.3. The fraction of sp³-hybridized carbons (Fsp3) is 0.538. The Kier molecular flexibility index (Phi) is 15.7. The van der Waals surface area contributed by atoms with E-state index in [0.29, 0.717) is 69.8 Å².